The van der Waals surface area contributed by atoms with Gasteiger partial charge in [-0.25, -0.2) is 0 Å². The summed E-state index contributed by atoms with van der Waals surface area (Å²) in [5.74, 6) is 0.0671. The summed E-state index contributed by atoms with van der Waals surface area (Å²) >= 11 is 0. The molecule has 0 spiro atoms. The molecule has 0 unspecified atom stereocenters. The maximum absolute atomic E-state index is 12.2. The molecule has 0 radical (unpaired) electrons. The van der Waals surface area contributed by atoms with E-state index in [1.54, 1.807) is 24.1 Å². The van der Waals surface area contributed by atoms with Crippen LogP contribution in [0.2, 0.25) is 0 Å². The van der Waals surface area contributed by atoms with E-state index >= 15 is 0 Å². The molecule has 0 saturated carbocycles. The van der Waals surface area contributed by atoms with Gasteiger partial charge in [-0.3, -0.25) is 4.79 Å². The Bertz CT molecular complexity index is 516. The lowest BCUT2D eigenvalue weighted by molar-refractivity contribution is -0.127. The lowest BCUT2D eigenvalue weighted by atomic mass is 9.94. The molecule has 0 aromatic carbocycles. The number of amides is 1. The number of carbonyl (C=O) groups is 1. The molecule has 21 heavy (non-hydrogen) atoms. The van der Waals surface area contributed by atoms with Crippen molar-refractivity contribution < 1.29 is 4.79 Å². The highest BCUT2D eigenvalue weighted by Gasteiger charge is 2.24. The van der Waals surface area contributed by atoms with Crippen molar-refractivity contribution in [1.82, 2.24) is 4.90 Å². The molecule has 2 nitrogen and oxygen atoms in total. The minimum absolute atomic E-state index is 0.0671. The van der Waals surface area contributed by atoms with Gasteiger partial charge < -0.3 is 4.90 Å². The van der Waals surface area contributed by atoms with Crippen molar-refractivity contribution in [3.8, 4) is 0 Å². The summed E-state index contributed by atoms with van der Waals surface area (Å²) in [6.07, 6.45) is 11.8. The van der Waals surface area contributed by atoms with E-state index in [2.05, 4.69) is 13.2 Å². The Morgan fingerprint density at radius 2 is 1.81 bits per heavy atom. The molecule has 1 aliphatic rings. The molecule has 1 amide bonds. The molecule has 1 rings (SSSR count). The van der Waals surface area contributed by atoms with E-state index in [4.69, 9.17) is 0 Å². The second-order valence-electron chi connectivity index (χ2n) is 4.26. The zero-order valence-electron chi connectivity index (χ0n) is 13.9. The van der Waals surface area contributed by atoms with Gasteiger partial charge in [0.05, 0.1) is 12.1 Å². The predicted molar refractivity (Wildman–Crippen MR) is 92.8 cm³/mol. The standard InChI is InChI=1S/C17H21NO.C2H6/c1-6-10-14-13(8-3)12-17(19)18(5)16(9-4)15(14)11-7-2;1-2/h6-11H,1,4,12H2,2-3,5H3;1-2H3/b11-7-,13-8-,14-10+;. The number of hydrogen-bond donors (Lipinski definition) is 0. The van der Waals surface area contributed by atoms with Gasteiger partial charge in [-0.1, -0.05) is 57.4 Å². The van der Waals surface area contributed by atoms with Crippen molar-refractivity contribution in [1.29, 1.82) is 0 Å². The van der Waals surface area contributed by atoms with Gasteiger partial charge in [0.25, 0.3) is 0 Å². The average molecular weight is 285 g/mol. The Morgan fingerprint density at radius 3 is 2.24 bits per heavy atom. The largest absolute Gasteiger partial charge is 0.315 e. The van der Waals surface area contributed by atoms with Gasteiger partial charge >= 0.3 is 0 Å². The van der Waals surface area contributed by atoms with Crippen LogP contribution in [0.3, 0.4) is 0 Å². The monoisotopic (exact) mass is 285 g/mol. The first-order chi connectivity index (χ1) is 10.1. The molecule has 1 heterocycles. The third-order valence-corrected chi connectivity index (χ3v) is 3.15. The normalized spacial score (nSPS) is 19.7. The predicted octanol–water partition coefficient (Wildman–Crippen LogP) is 4.95. The van der Waals surface area contributed by atoms with Crippen LogP contribution < -0.4 is 0 Å². The summed E-state index contributed by atoms with van der Waals surface area (Å²) in [4.78, 5) is 13.8. The minimum atomic E-state index is 0.0671. The Balaban J connectivity index is 0.00000191. The Hall–Kier alpha value is -2.09. The smallest absolute Gasteiger partial charge is 0.231 e. The fraction of sp³-hybridized carbons (Fsp3) is 0.316. The summed E-state index contributed by atoms with van der Waals surface area (Å²) in [5.41, 5.74) is 3.87. The molecular weight excluding hydrogens is 258 g/mol. The second-order valence-corrected chi connectivity index (χ2v) is 4.26. The van der Waals surface area contributed by atoms with E-state index in [1.165, 1.54) is 0 Å². The van der Waals surface area contributed by atoms with E-state index in [0.717, 1.165) is 22.4 Å². The van der Waals surface area contributed by atoms with Gasteiger partial charge in [0.2, 0.25) is 5.91 Å². The average Bonchev–Trinajstić information content (AvgIpc) is 2.60. The van der Waals surface area contributed by atoms with Crippen LogP contribution in [0.15, 0.2) is 72.0 Å². The van der Waals surface area contributed by atoms with Crippen LogP contribution in [-0.2, 0) is 4.79 Å². The maximum Gasteiger partial charge on any atom is 0.231 e. The van der Waals surface area contributed by atoms with Gasteiger partial charge in [-0.05, 0) is 31.1 Å². The highest BCUT2D eigenvalue weighted by Crippen LogP contribution is 2.32. The Kier molecular flexibility index (Phi) is 8.79. The molecule has 0 aromatic heterocycles. The van der Waals surface area contributed by atoms with Crippen LogP contribution in [-0.4, -0.2) is 17.9 Å². The molecule has 0 aromatic rings. The summed E-state index contributed by atoms with van der Waals surface area (Å²) < 4.78 is 0. The van der Waals surface area contributed by atoms with Crippen molar-refractivity contribution in [3.63, 3.8) is 0 Å². The lowest BCUT2D eigenvalue weighted by Crippen LogP contribution is -2.24. The van der Waals surface area contributed by atoms with Crippen LogP contribution in [0.5, 0.6) is 0 Å². The van der Waals surface area contributed by atoms with Gasteiger partial charge in [-0.15, -0.1) is 0 Å². The molecule has 1 aliphatic heterocycles. The van der Waals surface area contributed by atoms with E-state index < -0.39 is 0 Å². The SMILES string of the molecule is C=C/C=C1/C(/C=C\C)=C(C=C)N(C)C(=O)C/C1=C/C.CC. The number of rotatable bonds is 3. The zero-order valence-corrected chi connectivity index (χ0v) is 13.9. The number of allylic oxidation sites excluding steroid dienone is 8. The number of hydrogen-bond acceptors (Lipinski definition) is 1. The molecular formula is C19H27NO. The van der Waals surface area contributed by atoms with Gasteiger partial charge in [0, 0.05) is 12.6 Å². The minimum Gasteiger partial charge on any atom is -0.315 e. The van der Waals surface area contributed by atoms with Crippen LogP contribution in [0.4, 0.5) is 0 Å². The third kappa shape index (κ3) is 4.45. The first kappa shape index (κ1) is 18.9. The third-order valence-electron chi connectivity index (χ3n) is 3.15. The topological polar surface area (TPSA) is 20.3 Å². The Labute approximate surface area is 129 Å². The van der Waals surface area contributed by atoms with Crippen molar-refractivity contribution in [2.75, 3.05) is 7.05 Å². The van der Waals surface area contributed by atoms with Crippen molar-refractivity contribution in [2.45, 2.75) is 34.1 Å². The highest BCUT2D eigenvalue weighted by molar-refractivity contribution is 5.85. The van der Waals surface area contributed by atoms with Crippen LogP contribution >= 0.6 is 0 Å². The van der Waals surface area contributed by atoms with Crippen LogP contribution in [0.1, 0.15) is 34.1 Å². The quantitative estimate of drug-likeness (QED) is 0.718. The van der Waals surface area contributed by atoms with E-state index in [0.29, 0.717) is 6.42 Å². The summed E-state index contributed by atoms with van der Waals surface area (Å²) in [5, 5.41) is 0. The summed E-state index contributed by atoms with van der Waals surface area (Å²) in [6, 6.07) is 0. The van der Waals surface area contributed by atoms with E-state index in [9.17, 15) is 4.79 Å². The molecule has 0 saturated heterocycles. The Morgan fingerprint density at radius 1 is 1.19 bits per heavy atom. The molecule has 0 atom stereocenters. The maximum atomic E-state index is 12.2. The molecule has 0 fully saturated rings. The molecule has 114 valence electrons. The molecule has 2 heteroatoms. The molecule has 0 N–H and O–H groups in total. The van der Waals surface area contributed by atoms with Crippen molar-refractivity contribution >= 4 is 5.91 Å². The number of nitrogens with zero attached hydrogens (tertiary/aromatic N) is 1. The summed E-state index contributed by atoms with van der Waals surface area (Å²) in [6.45, 7) is 15.5. The number of likely N-dealkylation sites (N-methyl/N-ethyl adjacent to an activating group) is 1. The highest BCUT2D eigenvalue weighted by atomic mass is 16.2. The fourth-order valence-electron chi connectivity index (χ4n) is 2.16. The first-order valence-corrected chi connectivity index (χ1v) is 7.35. The van der Waals surface area contributed by atoms with Crippen LogP contribution in [0.25, 0.3) is 0 Å². The van der Waals surface area contributed by atoms with E-state index in [1.807, 2.05) is 52.0 Å². The number of carbonyl (C=O) groups excluding carboxylic acids is 1. The summed E-state index contributed by atoms with van der Waals surface area (Å²) in [7, 11) is 1.78. The van der Waals surface area contributed by atoms with Gasteiger partial charge in [-0.2, -0.15) is 0 Å². The van der Waals surface area contributed by atoms with Gasteiger partial charge in [0.15, 0.2) is 0 Å². The second kappa shape index (κ2) is 9.76. The van der Waals surface area contributed by atoms with Crippen molar-refractivity contribution in [2.24, 2.45) is 0 Å². The lowest BCUT2D eigenvalue weighted by Gasteiger charge is -2.17. The van der Waals surface area contributed by atoms with E-state index in [-0.39, 0.29) is 5.91 Å². The first-order valence-electron chi connectivity index (χ1n) is 7.35. The fourth-order valence-corrected chi connectivity index (χ4v) is 2.16. The van der Waals surface area contributed by atoms with Crippen molar-refractivity contribution in [3.05, 3.63) is 72.0 Å². The molecule has 0 aliphatic carbocycles. The molecule has 0 bridgehead atoms. The van der Waals surface area contributed by atoms with Crippen LogP contribution in [0, 0.1) is 0 Å². The van der Waals surface area contributed by atoms with Gasteiger partial charge in [0.1, 0.15) is 0 Å². The zero-order chi connectivity index (χ0) is 16.4.